The van der Waals surface area contributed by atoms with Gasteiger partial charge in [0.2, 0.25) is 5.91 Å². The van der Waals surface area contributed by atoms with Crippen LogP contribution in [0.15, 0.2) is 0 Å². The highest BCUT2D eigenvalue weighted by atomic mass is 16.1. The molecular weight excluding hydrogens is 104 g/mol. The molecule has 1 aliphatic heterocycles. The molecule has 0 aromatic carbocycles. The van der Waals surface area contributed by atoms with Crippen molar-refractivity contribution >= 4 is 5.91 Å². The minimum atomic E-state index is -0.258. The zero-order valence-corrected chi connectivity index (χ0v) is 4.63. The molecule has 1 heterocycles. The first-order chi connectivity index (χ1) is 3.72. The smallest absolute Gasteiger partial charge is 0.234 e. The van der Waals surface area contributed by atoms with Crippen molar-refractivity contribution in [1.29, 1.82) is 0 Å². The molecule has 3 heteroatoms. The Balaban J connectivity index is 2.37. The summed E-state index contributed by atoms with van der Waals surface area (Å²) in [6.45, 7) is 0.896. The number of carbonyl (C=O) groups excluding carboxylic acids is 1. The number of hydrogen-bond acceptors (Lipinski definition) is 2. The molecule has 2 N–H and O–H groups in total. The number of nitrogens with two attached hydrogens (primary N) is 1. The van der Waals surface area contributed by atoms with Crippen LogP contribution in [0.25, 0.3) is 0 Å². The van der Waals surface area contributed by atoms with E-state index < -0.39 is 0 Å². The third kappa shape index (κ3) is 0.690. The third-order valence-electron chi connectivity index (χ3n) is 1.46. The van der Waals surface area contributed by atoms with E-state index in [1.807, 2.05) is 0 Å². The highest BCUT2D eigenvalue weighted by molar-refractivity contribution is 5.80. The molecule has 0 aliphatic carbocycles. The summed E-state index contributed by atoms with van der Waals surface area (Å²) in [7, 11) is 3.58. The van der Waals surface area contributed by atoms with E-state index in [-0.39, 0.29) is 11.9 Å². The Bertz CT molecular complexity index is 113. The van der Waals surface area contributed by atoms with Crippen LogP contribution >= 0.6 is 0 Å². The molecule has 1 atom stereocenters. The number of rotatable bonds is 1. The van der Waals surface area contributed by atoms with Crippen LogP contribution in [0.1, 0.15) is 6.42 Å². The number of likely N-dealkylation sites (tertiary alicyclic amines) is 1. The Labute approximate surface area is 48.5 Å². The molecule has 1 radical (unpaired) electrons. The van der Waals surface area contributed by atoms with Gasteiger partial charge in [-0.15, -0.1) is 0 Å². The summed E-state index contributed by atoms with van der Waals surface area (Å²) in [4.78, 5) is 12.0. The van der Waals surface area contributed by atoms with Gasteiger partial charge in [-0.2, -0.15) is 0 Å². The average molecular weight is 113 g/mol. The lowest BCUT2D eigenvalue weighted by atomic mass is 10.0. The second kappa shape index (κ2) is 1.74. The lowest BCUT2D eigenvalue weighted by Crippen LogP contribution is -2.51. The van der Waals surface area contributed by atoms with Crippen molar-refractivity contribution in [2.45, 2.75) is 12.5 Å². The number of carbonyl (C=O) groups is 1. The van der Waals surface area contributed by atoms with E-state index in [0.29, 0.717) is 0 Å². The van der Waals surface area contributed by atoms with Gasteiger partial charge in [0.15, 0.2) is 0 Å². The lowest BCUT2D eigenvalue weighted by Gasteiger charge is -2.34. The molecule has 1 rings (SSSR count). The second-order valence-electron chi connectivity index (χ2n) is 2.02. The summed E-state index contributed by atoms with van der Waals surface area (Å²) in [6.07, 6.45) is 0.874. The van der Waals surface area contributed by atoms with Crippen molar-refractivity contribution in [2.75, 3.05) is 6.54 Å². The minimum Gasteiger partial charge on any atom is -0.368 e. The third-order valence-corrected chi connectivity index (χ3v) is 1.46. The summed E-state index contributed by atoms with van der Waals surface area (Å²) in [5, 5.41) is 0. The second-order valence-corrected chi connectivity index (χ2v) is 2.02. The predicted octanol–water partition coefficient (Wildman–Crippen LogP) is -0.662. The standard InChI is InChI=1S/C5H9N2O/c1-7-3-2-4(7)5(6)8/h4H,1-3H2,(H2,6,8). The molecule has 1 aliphatic rings. The van der Waals surface area contributed by atoms with Gasteiger partial charge in [0.1, 0.15) is 0 Å². The fraction of sp³-hybridized carbons (Fsp3) is 0.600. The van der Waals surface area contributed by atoms with Crippen LogP contribution in [0.5, 0.6) is 0 Å². The fourth-order valence-corrected chi connectivity index (χ4v) is 0.763. The van der Waals surface area contributed by atoms with Crippen LogP contribution < -0.4 is 5.73 Å². The first kappa shape index (κ1) is 5.56. The molecule has 45 valence electrons. The molecule has 1 saturated heterocycles. The van der Waals surface area contributed by atoms with E-state index in [9.17, 15) is 4.79 Å². The number of nitrogens with zero attached hydrogens (tertiary/aromatic N) is 1. The summed E-state index contributed by atoms with van der Waals surface area (Å²) in [5.74, 6) is -0.258. The van der Waals surface area contributed by atoms with Crippen molar-refractivity contribution < 1.29 is 4.79 Å². The quantitative estimate of drug-likeness (QED) is 0.490. The van der Waals surface area contributed by atoms with Gasteiger partial charge in [0.05, 0.1) is 6.04 Å². The maximum Gasteiger partial charge on any atom is 0.234 e. The van der Waals surface area contributed by atoms with E-state index >= 15 is 0 Å². The van der Waals surface area contributed by atoms with Crippen LogP contribution in [0.3, 0.4) is 0 Å². The van der Waals surface area contributed by atoms with Gasteiger partial charge in [0.25, 0.3) is 0 Å². The van der Waals surface area contributed by atoms with Crippen LogP contribution in [-0.2, 0) is 4.79 Å². The Morgan fingerprint density at radius 2 is 2.50 bits per heavy atom. The number of hydrogen-bond donors (Lipinski definition) is 1. The maximum atomic E-state index is 10.3. The molecule has 0 bridgehead atoms. The molecule has 1 unspecified atom stereocenters. The molecule has 1 fully saturated rings. The topological polar surface area (TPSA) is 46.3 Å². The molecule has 1 amide bonds. The van der Waals surface area contributed by atoms with Crippen molar-refractivity contribution in [1.82, 2.24) is 4.90 Å². The van der Waals surface area contributed by atoms with E-state index in [1.165, 1.54) is 0 Å². The number of amides is 1. The van der Waals surface area contributed by atoms with Gasteiger partial charge in [-0.1, -0.05) is 0 Å². The highest BCUT2D eigenvalue weighted by Crippen LogP contribution is 2.13. The normalized spacial score (nSPS) is 29.4. The zero-order chi connectivity index (χ0) is 6.15. The summed E-state index contributed by atoms with van der Waals surface area (Å²) < 4.78 is 0. The zero-order valence-electron chi connectivity index (χ0n) is 4.63. The first-order valence-electron chi connectivity index (χ1n) is 2.58. The van der Waals surface area contributed by atoms with Crippen LogP contribution in [-0.4, -0.2) is 23.4 Å². The van der Waals surface area contributed by atoms with Crippen LogP contribution in [0.4, 0.5) is 0 Å². The summed E-state index contributed by atoms with van der Waals surface area (Å²) in [5.41, 5.74) is 4.97. The monoisotopic (exact) mass is 113 g/mol. The Morgan fingerprint density at radius 3 is 2.50 bits per heavy atom. The largest absolute Gasteiger partial charge is 0.368 e. The van der Waals surface area contributed by atoms with Crippen molar-refractivity contribution in [3.05, 3.63) is 7.05 Å². The molecule has 3 nitrogen and oxygen atoms in total. The van der Waals surface area contributed by atoms with Gasteiger partial charge >= 0.3 is 0 Å². The molecule has 0 saturated carbocycles. The Morgan fingerprint density at radius 1 is 1.88 bits per heavy atom. The fourth-order valence-electron chi connectivity index (χ4n) is 0.763. The minimum absolute atomic E-state index is 0.0880. The Hall–Kier alpha value is -0.570. The number of primary amides is 1. The molecule has 0 aromatic heterocycles. The van der Waals surface area contributed by atoms with Gasteiger partial charge in [-0.25, -0.2) is 0 Å². The molecule has 8 heavy (non-hydrogen) atoms. The Kier molecular flexibility index (Phi) is 1.21. The maximum absolute atomic E-state index is 10.3. The van der Waals surface area contributed by atoms with Gasteiger partial charge in [-0.05, 0) is 6.42 Å². The molecular formula is C5H9N2O. The van der Waals surface area contributed by atoms with Gasteiger partial charge in [0, 0.05) is 13.6 Å². The van der Waals surface area contributed by atoms with Crippen LogP contribution in [0.2, 0.25) is 0 Å². The van der Waals surface area contributed by atoms with Crippen molar-refractivity contribution in [2.24, 2.45) is 5.73 Å². The van der Waals surface area contributed by atoms with Crippen molar-refractivity contribution in [3.8, 4) is 0 Å². The first-order valence-corrected chi connectivity index (χ1v) is 2.58. The SMILES string of the molecule is [CH2]N1CCC1C(N)=O. The van der Waals surface area contributed by atoms with E-state index in [4.69, 9.17) is 5.73 Å². The van der Waals surface area contributed by atoms with Gasteiger partial charge < -0.3 is 5.73 Å². The van der Waals surface area contributed by atoms with E-state index in [1.54, 1.807) is 4.90 Å². The van der Waals surface area contributed by atoms with E-state index in [2.05, 4.69) is 7.05 Å². The summed E-state index contributed by atoms with van der Waals surface area (Å²) in [6, 6.07) is -0.0880. The molecule has 0 spiro atoms. The van der Waals surface area contributed by atoms with Crippen molar-refractivity contribution in [3.63, 3.8) is 0 Å². The lowest BCUT2D eigenvalue weighted by molar-refractivity contribution is -0.125. The molecule has 0 aromatic rings. The average Bonchev–Trinajstić information content (AvgIpc) is 1.61. The van der Waals surface area contributed by atoms with E-state index in [0.717, 1.165) is 13.0 Å². The van der Waals surface area contributed by atoms with Crippen LogP contribution in [0, 0.1) is 7.05 Å². The van der Waals surface area contributed by atoms with Gasteiger partial charge in [-0.3, -0.25) is 9.69 Å². The predicted molar refractivity (Wildman–Crippen MR) is 29.7 cm³/mol. The summed E-state index contributed by atoms with van der Waals surface area (Å²) >= 11 is 0. The highest BCUT2D eigenvalue weighted by Gasteiger charge is 2.28.